The van der Waals surface area contributed by atoms with Crippen LogP contribution < -0.4 is 0 Å². The zero-order valence-corrected chi connectivity index (χ0v) is 10.0. The Balaban J connectivity index is 2.30. The Hall–Kier alpha value is -1.59. The fourth-order valence-electron chi connectivity index (χ4n) is 2.58. The molecule has 0 bridgehead atoms. The van der Waals surface area contributed by atoms with Crippen LogP contribution in [0.3, 0.4) is 0 Å². The van der Waals surface area contributed by atoms with E-state index in [0.29, 0.717) is 0 Å². The Morgan fingerprint density at radius 3 is 2.72 bits per heavy atom. The van der Waals surface area contributed by atoms with Crippen LogP contribution in [-0.2, 0) is 18.0 Å². The van der Waals surface area contributed by atoms with Crippen LogP contribution in [0.15, 0.2) is 12.3 Å². The maximum absolute atomic E-state index is 12.7. The van der Waals surface area contributed by atoms with Crippen molar-refractivity contribution in [1.29, 1.82) is 0 Å². The Kier molecular flexibility index (Phi) is 2.07. The first kappa shape index (κ1) is 11.5. The molecule has 0 saturated carbocycles. The van der Waals surface area contributed by atoms with Gasteiger partial charge in [0.05, 0.1) is 5.69 Å². The van der Waals surface area contributed by atoms with Gasteiger partial charge in [0.15, 0.2) is 11.3 Å². The number of aromatic nitrogens is 3. The van der Waals surface area contributed by atoms with Gasteiger partial charge >= 0.3 is 6.18 Å². The number of fused-ring (bicyclic) bond motifs is 3. The van der Waals surface area contributed by atoms with Crippen molar-refractivity contribution < 1.29 is 13.2 Å². The van der Waals surface area contributed by atoms with Crippen molar-refractivity contribution in [3.63, 3.8) is 0 Å². The molecule has 0 amide bonds. The highest BCUT2D eigenvalue weighted by molar-refractivity contribution is 5.46. The number of hydrogen-bond acceptors (Lipinski definition) is 2. The van der Waals surface area contributed by atoms with Gasteiger partial charge in [0.1, 0.15) is 0 Å². The second kappa shape index (κ2) is 3.24. The fraction of sp³-hybridized carbons (Fsp3) is 0.500. The molecule has 2 aromatic rings. The Morgan fingerprint density at radius 1 is 1.33 bits per heavy atom. The van der Waals surface area contributed by atoms with Crippen LogP contribution in [0, 0.1) is 0 Å². The van der Waals surface area contributed by atoms with Crippen LogP contribution in [0.5, 0.6) is 0 Å². The molecule has 2 heterocycles. The number of halogens is 3. The van der Waals surface area contributed by atoms with Gasteiger partial charge in [0, 0.05) is 17.7 Å². The normalized spacial score (nSPS) is 18.3. The number of hydrogen-bond donors (Lipinski definition) is 0. The summed E-state index contributed by atoms with van der Waals surface area (Å²) in [7, 11) is 0. The van der Waals surface area contributed by atoms with Gasteiger partial charge in [-0.3, -0.25) is 0 Å². The first-order valence-electron chi connectivity index (χ1n) is 5.74. The molecule has 0 fully saturated rings. The van der Waals surface area contributed by atoms with E-state index in [9.17, 15) is 13.2 Å². The molecular weight excluding hydrogens is 243 g/mol. The van der Waals surface area contributed by atoms with Crippen molar-refractivity contribution in [2.24, 2.45) is 0 Å². The smallest absolute Gasteiger partial charge is 0.237 e. The summed E-state index contributed by atoms with van der Waals surface area (Å²) < 4.78 is 39.4. The second-order valence-corrected chi connectivity index (χ2v) is 5.31. The van der Waals surface area contributed by atoms with Crippen LogP contribution in [0.25, 0.3) is 5.65 Å². The summed E-state index contributed by atoms with van der Waals surface area (Å²) >= 11 is 0. The van der Waals surface area contributed by atoms with Crippen molar-refractivity contribution in [3.05, 3.63) is 29.2 Å². The van der Waals surface area contributed by atoms with Crippen molar-refractivity contribution in [1.82, 2.24) is 14.6 Å². The predicted octanol–water partition coefficient (Wildman–Crippen LogP) is 2.97. The third kappa shape index (κ3) is 1.51. The quantitative estimate of drug-likeness (QED) is 0.724. The second-order valence-electron chi connectivity index (χ2n) is 5.31. The maximum atomic E-state index is 12.7. The molecule has 1 aliphatic carbocycles. The molecule has 0 aromatic carbocycles. The van der Waals surface area contributed by atoms with E-state index in [1.54, 1.807) is 6.20 Å². The number of nitrogens with zero attached hydrogens (tertiary/aromatic N) is 3. The SMILES string of the molecule is CC1(C)CCc2cnc3cc(C(F)(F)F)nn3c21. The lowest BCUT2D eigenvalue weighted by molar-refractivity contribution is -0.141. The molecule has 0 saturated heterocycles. The molecule has 1 aliphatic rings. The van der Waals surface area contributed by atoms with E-state index in [4.69, 9.17) is 0 Å². The molecule has 0 atom stereocenters. The van der Waals surface area contributed by atoms with E-state index >= 15 is 0 Å². The molecule has 0 unspecified atom stereocenters. The summed E-state index contributed by atoms with van der Waals surface area (Å²) in [5.74, 6) is 0. The lowest BCUT2D eigenvalue weighted by Crippen LogP contribution is -2.18. The lowest BCUT2D eigenvalue weighted by Gasteiger charge is -2.19. The van der Waals surface area contributed by atoms with Crippen LogP contribution in [0.2, 0.25) is 0 Å². The van der Waals surface area contributed by atoms with Crippen molar-refractivity contribution in [3.8, 4) is 0 Å². The molecule has 0 N–H and O–H groups in total. The monoisotopic (exact) mass is 255 g/mol. The molecule has 0 radical (unpaired) electrons. The average molecular weight is 255 g/mol. The van der Waals surface area contributed by atoms with Crippen LogP contribution >= 0.6 is 0 Å². The minimum Gasteiger partial charge on any atom is -0.237 e. The van der Waals surface area contributed by atoms with Crippen LogP contribution in [-0.4, -0.2) is 14.6 Å². The van der Waals surface area contributed by atoms with Gasteiger partial charge in [-0.1, -0.05) is 13.8 Å². The minimum atomic E-state index is -4.43. The summed E-state index contributed by atoms with van der Waals surface area (Å²) in [6.07, 6.45) is -1.01. The first-order valence-corrected chi connectivity index (χ1v) is 5.74. The number of alkyl halides is 3. The molecule has 3 nitrogen and oxygen atoms in total. The van der Waals surface area contributed by atoms with E-state index in [2.05, 4.69) is 10.1 Å². The molecular formula is C12H12F3N3. The molecule has 2 aromatic heterocycles. The van der Waals surface area contributed by atoms with Crippen LogP contribution in [0.1, 0.15) is 37.2 Å². The molecule has 0 aliphatic heterocycles. The zero-order chi connectivity index (χ0) is 13.1. The van der Waals surface area contributed by atoms with Gasteiger partial charge in [-0.05, 0) is 18.4 Å². The standard InChI is InChI=1S/C12H12F3N3/c1-11(2)4-3-7-6-16-9-5-8(12(13,14)15)17-18(9)10(7)11/h5-6H,3-4H2,1-2H3. The van der Waals surface area contributed by atoms with E-state index in [1.165, 1.54) is 4.52 Å². The fourth-order valence-corrected chi connectivity index (χ4v) is 2.58. The minimum absolute atomic E-state index is 0.161. The largest absolute Gasteiger partial charge is 0.435 e. The van der Waals surface area contributed by atoms with E-state index in [-0.39, 0.29) is 11.1 Å². The van der Waals surface area contributed by atoms with Gasteiger partial charge in [0.25, 0.3) is 0 Å². The van der Waals surface area contributed by atoms with Gasteiger partial charge in [-0.25, -0.2) is 9.50 Å². The van der Waals surface area contributed by atoms with E-state index in [0.717, 1.165) is 30.2 Å². The first-order chi connectivity index (χ1) is 8.29. The predicted molar refractivity (Wildman–Crippen MR) is 59.3 cm³/mol. The van der Waals surface area contributed by atoms with Gasteiger partial charge in [-0.15, -0.1) is 0 Å². The van der Waals surface area contributed by atoms with Crippen molar-refractivity contribution >= 4 is 5.65 Å². The summed E-state index contributed by atoms with van der Waals surface area (Å²) in [6, 6.07) is 0.995. The summed E-state index contributed by atoms with van der Waals surface area (Å²) in [5.41, 5.74) is 1.06. The Morgan fingerprint density at radius 2 is 2.06 bits per heavy atom. The molecule has 96 valence electrons. The average Bonchev–Trinajstić information content (AvgIpc) is 2.78. The van der Waals surface area contributed by atoms with E-state index < -0.39 is 11.9 Å². The molecule has 6 heteroatoms. The van der Waals surface area contributed by atoms with Crippen molar-refractivity contribution in [2.45, 2.75) is 38.3 Å². The van der Waals surface area contributed by atoms with Crippen molar-refractivity contribution in [2.75, 3.05) is 0 Å². The Labute approximate surface area is 102 Å². The lowest BCUT2D eigenvalue weighted by atomic mass is 9.91. The molecule has 0 spiro atoms. The van der Waals surface area contributed by atoms with Gasteiger partial charge < -0.3 is 0 Å². The van der Waals surface area contributed by atoms with Gasteiger partial charge in [0.2, 0.25) is 0 Å². The zero-order valence-electron chi connectivity index (χ0n) is 10.0. The summed E-state index contributed by atoms with van der Waals surface area (Å²) in [5, 5.41) is 3.68. The summed E-state index contributed by atoms with van der Waals surface area (Å²) in [6.45, 7) is 4.04. The van der Waals surface area contributed by atoms with E-state index in [1.807, 2.05) is 13.8 Å². The van der Waals surface area contributed by atoms with Crippen LogP contribution in [0.4, 0.5) is 13.2 Å². The number of aryl methyl sites for hydroxylation is 1. The number of rotatable bonds is 0. The third-order valence-corrected chi connectivity index (χ3v) is 3.51. The molecule has 18 heavy (non-hydrogen) atoms. The highest BCUT2D eigenvalue weighted by atomic mass is 19.4. The summed E-state index contributed by atoms with van der Waals surface area (Å²) in [4.78, 5) is 4.05. The van der Waals surface area contributed by atoms with Gasteiger partial charge in [-0.2, -0.15) is 18.3 Å². The third-order valence-electron chi connectivity index (χ3n) is 3.51. The maximum Gasteiger partial charge on any atom is 0.435 e. The Bertz CT molecular complexity index is 625. The highest BCUT2D eigenvalue weighted by Gasteiger charge is 2.37. The molecule has 3 rings (SSSR count). The topological polar surface area (TPSA) is 30.2 Å². The highest BCUT2D eigenvalue weighted by Crippen LogP contribution is 2.38.